The summed E-state index contributed by atoms with van der Waals surface area (Å²) in [4.78, 5) is 17.4. The molecule has 182 valence electrons. The summed E-state index contributed by atoms with van der Waals surface area (Å²) < 4.78 is 30.4. The zero-order valence-corrected chi connectivity index (χ0v) is 20.2. The molecular formula is C26H24FNO6S. The van der Waals surface area contributed by atoms with Crippen LogP contribution in [0.5, 0.6) is 23.0 Å². The number of thiophene rings is 1. The SMILES string of the molecule is COc1cc(-c2csc3c(F)cccc23)nc(C(O)CCC(=O)c2cc(OC)c(OC)cc2O)c1. The molecule has 4 aromatic rings. The van der Waals surface area contributed by atoms with Gasteiger partial charge in [0.05, 0.1) is 49.1 Å². The Bertz CT molecular complexity index is 1390. The number of carbonyl (C=O) groups excluding carboxylic acids is 1. The molecule has 1 unspecified atom stereocenters. The number of aliphatic hydroxyl groups is 1. The van der Waals surface area contributed by atoms with E-state index in [1.54, 1.807) is 18.2 Å². The summed E-state index contributed by atoms with van der Waals surface area (Å²) in [6, 6.07) is 10.9. The Morgan fingerprint density at radius 3 is 2.54 bits per heavy atom. The Hall–Kier alpha value is -3.69. The van der Waals surface area contributed by atoms with Crippen molar-refractivity contribution in [2.24, 2.45) is 0 Å². The molecule has 2 aromatic heterocycles. The van der Waals surface area contributed by atoms with E-state index in [1.165, 1.54) is 50.9 Å². The number of benzene rings is 2. The number of phenolic OH excluding ortho intramolecular Hbond substituents is 1. The monoisotopic (exact) mass is 497 g/mol. The largest absolute Gasteiger partial charge is 0.507 e. The highest BCUT2D eigenvalue weighted by molar-refractivity contribution is 7.17. The smallest absolute Gasteiger partial charge is 0.166 e. The summed E-state index contributed by atoms with van der Waals surface area (Å²) in [5, 5.41) is 23.6. The van der Waals surface area contributed by atoms with Crippen LogP contribution < -0.4 is 14.2 Å². The second kappa shape index (κ2) is 10.3. The first-order valence-electron chi connectivity index (χ1n) is 10.7. The van der Waals surface area contributed by atoms with E-state index in [-0.39, 0.29) is 35.8 Å². The third kappa shape index (κ3) is 4.91. The Balaban J connectivity index is 1.58. The van der Waals surface area contributed by atoms with Gasteiger partial charge in [-0.3, -0.25) is 4.79 Å². The molecule has 7 nitrogen and oxygen atoms in total. The number of halogens is 1. The molecule has 35 heavy (non-hydrogen) atoms. The lowest BCUT2D eigenvalue weighted by Gasteiger charge is -2.14. The first-order valence-corrected chi connectivity index (χ1v) is 11.6. The van der Waals surface area contributed by atoms with Crippen LogP contribution in [0.2, 0.25) is 0 Å². The number of hydrogen-bond donors (Lipinski definition) is 2. The molecule has 0 aliphatic carbocycles. The molecule has 0 aliphatic rings. The molecule has 9 heteroatoms. The quantitative estimate of drug-likeness (QED) is 0.293. The summed E-state index contributed by atoms with van der Waals surface area (Å²) in [5.74, 6) is 0.177. The molecular weight excluding hydrogens is 473 g/mol. The first-order chi connectivity index (χ1) is 16.9. The number of Topliss-reactive ketones (excluding diaryl/α,β-unsaturated/α-hetero) is 1. The predicted molar refractivity (Wildman–Crippen MR) is 131 cm³/mol. The number of aromatic nitrogens is 1. The van der Waals surface area contributed by atoms with Crippen LogP contribution in [0, 0.1) is 5.82 Å². The van der Waals surface area contributed by atoms with Crippen molar-refractivity contribution in [3.8, 4) is 34.3 Å². The molecule has 0 bridgehead atoms. The lowest BCUT2D eigenvalue weighted by molar-refractivity contribution is 0.0934. The number of nitrogens with zero attached hydrogens (tertiary/aromatic N) is 1. The summed E-state index contributed by atoms with van der Waals surface area (Å²) in [6.07, 6.45) is -1.06. The number of methoxy groups -OCH3 is 3. The Labute approximate surface area is 205 Å². The van der Waals surface area contributed by atoms with Gasteiger partial charge in [0.1, 0.15) is 17.3 Å². The fourth-order valence-electron chi connectivity index (χ4n) is 3.81. The van der Waals surface area contributed by atoms with Gasteiger partial charge in [-0.05, 0) is 18.6 Å². The molecule has 1 atom stereocenters. The summed E-state index contributed by atoms with van der Waals surface area (Å²) in [7, 11) is 4.37. The van der Waals surface area contributed by atoms with Crippen molar-refractivity contribution < 1.29 is 33.6 Å². The molecule has 0 spiro atoms. The maximum atomic E-state index is 14.2. The number of ketones is 1. The van der Waals surface area contributed by atoms with Crippen LogP contribution in [-0.4, -0.2) is 42.3 Å². The highest BCUT2D eigenvalue weighted by Gasteiger charge is 2.20. The standard InChI is InChI=1S/C26H24FNO6S/c1-32-14-9-19(17-13-35-26-15(17)5-4-6-18(26)27)28-20(10-14)22(30)8-7-21(29)16-11-24(33-2)25(34-3)12-23(16)31/h4-6,9-13,22,30-31H,7-8H2,1-3H3. The van der Waals surface area contributed by atoms with E-state index in [1.807, 2.05) is 11.4 Å². The van der Waals surface area contributed by atoms with E-state index < -0.39 is 6.10 Å². The second-order valence-electron chi connectivity index (χ2n) is 7.78. The topological polar surface area (TPSA) is 98.1 Å². The molecule has 0 radical (unpaired) electrons. The van der Waals surface area contributed by atoms with E-state index >= 15 is 0 Å². The lowest BCUT2D eigenvalue weighted by Crippen LogP contribution is -2.07. The average molecular weight is 498 g/mol. The number of hydrogen-bond acceptors (Lipinski definition) is 8. The number of fused-ring (bicyclic) bond motifs is 1. The van der Waals surface area contributed by atoms with E-state index in [2.05, 4.69) is 4.98 Å². The Morgan fingerprint density at radius 1 is 1.09 bits per heavy atom. The Kier molecular flexibility index (Phi) is 7.18. The number of carbonyl (C=O) groups is 1. The van der Waals surface area contributed by atoms with Gasteiger partial charge in [0.15, 0.2) is 17.3 Å². The van der Waals surface area contributed by atoms with E-state index in [0.29, 0.717) is 33.3 Å². The first kappa shape index (κ1) is 24.4. The van der Waals surface area contributed by atoms with Crippen molar-refractivity contribution in [2.45, 2.75) is 18.9 Å². The fourth-order valence-corrected chi connectivity index (χ4v) is 4.78. The third-order valence-electron chi connectivity index (χ3n) is 5.67. The summed E-state index contributed by atoms with van der Waals surface area (Å²) in [6.45, 7) is 0. The lowest BCUT2D eigenvalue weighted by atomic mass is 10.0. The highest BCUT2D eigenvalue weighted by atomic mass is 32.1. The molecule has 2 N–H and O–H groups in total. The van der Waals surface area contributed by atoms with Crippen molar-refractivity contribution in [3.63, 3.8) is 0 Å². The van der Waals surface area contributed by atoms with Gasteiger partial charge in [-0.15, -0.1) is 11.3 Å². The van der Waals surface area contributed by atoms with Crippen LogP contribution in [0.4, 0.5) is 4.39 Å². The summed E-state index contributed by atoms with van der Waals surface area (Å²) in [5.41, 5.74) is 1.64. The average Bonchev–Trinajstić information content (AvgIpc) is 3.32. The maximum absolute atomic E-state index is 14.2. The van der Waals surface area contributed by atoms with Crippen molar-refractivity contribution in [1.82, 2.24) is 4.98 Å². The van der Waals surface area contributed by atoms with Gasteiger partial charge < -0.3 is 24.4 Å². The van der Waals surface area contributed by atoms with Gasteiger partial charge in [-0.1, -0.05) is 12.1 Å². The molecule has 2 heterocycles. The van der Waals surface area contributed by atoms with Gasteiger partial charge >= 0.3 is 0 Å². The predicted octanol–water partition coefficient (Wildman–Crippen LogP) is 5.53. The van der Waals surface area contributed by atoms with Crippen LogP contribution >= 0.6 is 11.3 Å². The van der Waals surface area contributed by atoms with Gasteiger partial charge in [0.2, 0.25) is 0 Å². The number of rotatable bonds is 9. The number of aromatic hydroxyl groups is 1. The van der Waals surface area contributed by atoms with E-state index in [9.17, 15) is 19.4 Å². The van der Waals surface area contributed by atoms with Crippen molar-refractivity contribution in [2.75, 3.05) is 21.3 Å². The van der Waals surface area contributed by atoms with Crippen molar-refractivity contribution >= 4 is 27.2 Å². The third-order valence-corrected chi connectivity index (χ3v) is 6.67. The minimum absolute atomic E-state index is 0.0506. The molecule has 2 aromatic carbocycles. The van der Waals surface area contributed by atoms with Crippen LogP contribution in [0.15, 0.2) is 47.8 Å². The van der Waals surface area contributed by atoms with Crippen LogP contribution in [-0.2, 0) is 0 Å². The number of aliphatic hydroxyl groups excluding tert-OH is 1. The second-order valence-corrected chi connectivity index (χ2v) is 8.66. The fraction of sp³-hybridized carbons (Fsp3) is 0.231. The van der Waals surface area contributed by atoms with E-state index in [0.717, 1.165) is 10.9 Å². The van der Waals surface area contributed by atoms with Gasteiger partial charge in [-0.2, -0.15) is 0 Å². The van der Waals surface area contributed by atoms with E-state index in [4.69, 9.17) is 14.2 Å². The molecule has 0 saturated heterocycles. The van der Waals surface area contributed by atoms with Crippen LogP contribution in [0.25, 0.3) is 21.3 Å². The molecule has 0 saturated carbocycles. The minimum Gasteiger partial charge on any atom is -0.507 e. The minimum atomic E-state index is -1.07. The van der Waals surface area contributed by atoms with Gasteiger partial charge in [0.25, 0.3) is 0 Å². The maximum Gasteiger partial charge on any atom is 0.166 e. The molecule has 4 rings (SSSR count). The zero-order valence-electron chi connectivity index (χ0n) is 19.4. The van der Waals surface area contributed by atoms with Crippen LogP contribution in [0.1, 0.15) is 35.0 Å². The van der Waals surface area contributed by atoms with Gasteiger partial charge in [0, 0.05) is 40.9 Å². The zero-order chi connectivity index (χ0) is 25.1. The summed E-state index contributed by atoms with van der Waals surface area (Å²) >= 11 is 1.28. The normalized spacial score (nSPS) is 11.9. The van der Waals surface area contributed by atoms with Crippen molar-refractivity contribution in [3.05, 3.63) is 64.9 Å². The number of phenols is 1. The Morgan fingerprint density at radius 2 is 1.83 bits per heavy atom. The molecule has 0 aliphatic heterocycles. The van der Waals surface area contributed by atoms with Crippen LogP contribution in [0.3, 0.4) is 0 Å². The number of ether oxygens (including phenoxy) is 3. The van der Waals surface area contributed by atoms with Crippen molar-refractivity contribution in [1.29, 1.82) is 0 Å². The molecule has 0 amide bonds. The number of pyridine rings is 1. The molecule has 0 fully saturated rings. The van der Waals surface area contributed by atoms with Gasteiger partial charge in [-0.25, -0.2) is 9.37 Å². The highest BCUT2D eigenvalue weighted by Crippen LogP contribution is 2.37.